The highest BCUT2D eigenvalue weighted by Gasteiger charge is 2.17. The Balaban J connectivity index is 1.61. The van der Waals surface area contributed by atoms with Gasteiger partial charge in [-0.15, -0.1) is 0 Å². The molecular formula is C26H29N3O3. The minimum Gasteiger partial charge on any atom is -0.495 e. The van der Waals surface area contributed by atoms with Crippen LogP contribution < -0.4 is 20.3 Å². The molecule has 3 aromatic carbocycles. The van der Waals surface area contributed by atoms with E-state index >= 15 is 0 Å². The molecule has 2 N–H and O–H groups in total. The largest absolute Gasteiger partial charge is 0.495 e. The first-order valence-corrected chi connectivity index (χ1v) is 10.8. The summed E-state index contributed by atoms with van der Waals surface area (Å²) in [6.45, 7) is 2.98. The fourth-order valence-electron chi connectivity index (χ4n) is 3.32. The number of methoxy groups -OCH3 is 1. The van der Waals surface area contributed by atoms with Crippen molar-refractivity contribution in [2.24, 2.45) is 0 Å². The number of carbonyl (C=O) groups excluding carboxylic acids is 2. The number of hydrogen-bond donors (Lipinski definition) is 2. The number of para-hydroxylation sites is 3. The van der Waals surface area contributed by atoms with Crippen molar-refractivity contribution in [2.75, 3.05) is 30.4 Å². The molecule has 0 bridgehead atoms. The minimum absolute atomic E-state index is 0.114. The van der Waals surface area contributed by atoms with Gasteiger partial charge in [-0.25, -0.2) is 4.79 Å². The molecule has 0 aliphatic heterocycles. The molecule has 166 valence electrons. The molecule has 0 unspecified atom stereocenters. The Morgan fingerprint density at radius 2 is 1.59 bits per heavy atom. The highest BCUT2D eigenvalue weighted by Crippen LogP contribution is 2.24. The lowest BCUT2D eigenvalue weighted by Gasteiger charge is -2.24. The Hall–Kier alpha value is -3.80. The lowest BCUT2D eigenvalue weighted by molar-refractivity contribution is 0.0953. The van der Waals surface area contributed by atoms with Crippen molar-refractivity contribution >= 4 is 23.3 Å². The zero-order chi connectivity index (χ0) is 22.8. The second-order valence-corrected chi connectivity index (χ2v) is 7.28. The Morgan fingerprint density at radius 3 is 2.28 bits per heavy atom. The third kappa shape index (κ3) is 6.11. The van der Waals surface area contributed by atoms with Gasteiger partial charge in [0.05, 0.1) is 12.8 Å². The highest BCUT2D eigenvalue weighted by atomic mass is 16.5. The van der Waals surface area contributed by atoms with Gasteiger partial charge in [0.15, 0.2) is 0 Å². The van der Waals surface area contributed by atoms with Gasteiger partial charge < -0.3 is 15.4 Å². The van der Waals surface area contributed by atoms with Gasteiger partial charge in [-0.1, -0.05) is 49.4 Å². The molecule has 3 rings (SSSR count). The SMILES string of the molecule is CCc1ccc(C(=O)NCCCN(C(=O)Nc2ccccc2OC)c2ccccc2)cc1. The average molecular weight is 432 g/mol. The molecular weight excluding hydrogens is 402 g/mol. The van der Waals surface area contributed by atoms with Gasteiger partial charge in [-0.05, 0) is 54.8 Å². The van der Waals surface area contributed by atoms with Crippen molar-refractivity contribution < 1.29 is 14.3 Å². The smallest absolute Gasteiger partial charge is 0.326 e. The maximum Gasteiger partial charge on any atom is 0.326 e. The van der Waals surface area contributed by atoms with Crippen LogP contribution in [-0.2, 0) is 6.42 Å². The van der Waals surface area contributed by atoms with Crippen LogP contribution in [0, 0.1) is 0 Å². The Bertz CT molecular complexity index is 1020. The van der Waals surface area contributed by atoms with E-state index in [4.69, 9.17) is 4.74 Å². The summed E-state index contributed by atoms with van der Waals surface area (Å²) in [5.74, 6) is 0.479. The first-order valence-electron chi connectivity index (χ1n) is 10.8. The van der Waals surface area contributed by atoms with Gasteiger partial charge in [0.1, 0.15) is 5.75 Å². The molecule has 0 saturated carbocycles. The van der Waals surface area contributed by atoms with Crippen LogP contribution >= 0.6 is 0 Å². The summed E-state index contributed by atoms with van der Waals surface area (Å²) in [7, 11) is 1.57. The number of anilines is 2. The summed E-state index contributed by atoms with van der Waals surface area (Å²) in [6.07, 6.45) is 1.54. The van der Waals surface area contributed by atoms with Gasteiger partial charge in [0.25, 0.3) is 5.91 Å². The monoisotopic (exact) mass is 431 g/mol. The Labute approximate surface area is 189 Å². The second kappa shape index (κ2) is 11.6. The molecule has 3 aromatic rings. The van der Waals surface area contributed by atoms with Crippen LogP contribution in [0.4, 0.5) is 16.2 Å². The van der Waals surface area contributed by atoms with E-state index < -0.39 is 0 Å². The zero-order valence-electron chi connectivity index (χ0n) is 18.5. The standard InChI is InChI=1S/C26H29N3O3/c1-3-20-14-16-21(17-15-20)25(30)27-18-9-19-29(22-10-5-4-6-11-22)26(31)28-23-12-7-8-13-24(23)32-2/h4-8,10-17H,3,9,18-19H2,1-2H3,(H,27,30)(H,28,31). The number of ether oxygens (including phenoxy) is 1. The van der Waals surface area contributed by atoms with Crippen LogP contribution in [0.1, 0.15) is 29.3 Å². The summed E-state index contributed by atoms with van der Waals surface area (Å²) in [4.78, 5) is 27.1. The molecule has 6 heteroatoms. The number of aryl methyl sites for hydroxylation is 1. The third-order valence-corrected chi connectivity index (χ3v) is 5.13. The van der Waals surface area contributed by atoms with Crippen molar-refractivity contribution in [3.05, 3.63) is 90.0 Å². The summed E-state index contributed by atoms with van der Waals surface area (Å²) in [5.41, 5.74) is 3.21. The first-order chi connectivity index (χ1) is 15.6. The van der Waals surface area contributed by atoms with E-state index in [0.29, 0.717) is 36.5 Å². The van der Waals surface area contributed by atoms with E-state index in [0.717, 1.165) is 12.1 Å². The maximum absolute atomic E-state index is 13.1. The average Bonchev–Trinajstić information content (AvgIpc) is 2.84. The Morgan fingerprint density at radius 1 is 0.906 bits per heavy atom. The quantitative estimate of drug-likeness (QED) is 0.462. The number of nitrogens with one attached hydrogen (secondary N) is 2. The third-order valence-electron chi connectivity index (χ3n) is 5.13. The van der Waals surface area contributed by atoms with Crippen molar-refractivity contribution in [1.82, 2.24) is 5.32 Å². The van der Waals surface area contributed by atoms with Crippen LogP contribution in [-0.4, -0.2) is 32.1 Å². The molecule has 0 aliphatic rings. The number of hydrogen-bond acceptors (Lipinski definition) is 3. The first kappa shape index (κ1) is 22.9. The number of urea groups is 1. The molecule has 0 fully saturated rings. The molecule has 0 heterocycles. The predicted molar refractivity (Wildman–Crippen MR) is 129 cm³/mol. The normalized spacial score (nSPS) is 10.3. The topological polar surface area (TPSA) is 70.7 Å². The zero-order valence-corrected chi connectivity index (χ0v) is 18.5. The van der Waals surface area contributed by atoms with Crippen LogP contribution in [0.3, 0.4) is 0 Å². The van der Waals surface area contributed by atoms with Gasteiger partial charge in [0.2, 0.25) is 0 Å². The predicted octanol–water partition coefficient (Wildman–Crippen LogP) is 5.12. The minimum atomic E-state index is -0.262. The summed E-state index contributed by atoms with van der Waals surface area (Å²) < 4.78 is 5.33. The molecule has 6 nitrogen and oxygen atoms in total. The lowest BCUT2D eigenvalue weighted by atomic mass is 10.1. The van der Waals surface area contributed by atoms with Crippen LogP contribution in [0.5, 0.6) is 5.75 Å². The van der Waals surface area contributed by atoms with Crippen LogP contribution in [0.2, 0.25) is 0 Å². The van der Waals surface area contributed by atoms with Gasteiger partial charge in [-0.2, -0.15) is 0 Å². The van der Waals surface area contributed by atoms with Crippen molar-refractivity contribution in [1.29, 1.82) is 0 Å². The van der Waals surface area contributed by atoms with Crippen molar-refractivity contribution in [3.8, 4) is 5.75 Å². The molecule has 0 radical (unpaired) electrons. The Kier molecular flexibility index (Phi) is 8.26. The van der Waals surface area contributed by atoms with Crippen molar-refractivity contribution in [2.45, 2.75) is 19.8 Å². The molecule has 0 aromatic heterocycles. The van der Waals surface area contributed by atoms with E-state index in [-0.39, 0.29) is 11.9 Å². The van der Waals surface area contributed by atoms with E-state index in [1.165, 1.54) is 5.56 Å². The highest BCUT2D eigenvalue weighted by molar-refractivity contribution is 6.02. The summed E-state index contributed by atoms with van der Waals surface area (Å²) in [5, 5.41) is 5.85. The van der Waals surface area contributed by atoms with Gasteiger partial charge >= 0.3 is 6.03 Å². The summed E-state index contributed by atoms with van der Waals surface area (Å²) >= 11 is 0. The molecule has 0 atom stereocenters. The molecule has 3 amide bonds. The van der Waals surface area contributed by atoms with Crippen LogP contribution in [0.25, 0.3) is 0 Å². The number of rotatable bonds is 9. The molecule has 0 saturated heterocycles. The van der Waals surface area contributed by atoms with E-state index in [9.17, 15) is 9.59 Å². The molecule has 0 spiro atoms. The molecule has 0 aliphatic carbocycles. The van der Waals surface area contributed by atoms with Gasteiger partial charge in [0, 0.05) is 24.3 Å². The lowest BCUT2D eigenvalue weighted by Crippen LogP contribution is -2.37. The number of amides is 3. The van der Waals surface area contributed by atoms with Crippen LogP contribution in [0.15, 0.2) is 78.9 Å². The van der Waals surface area contributed by atoms with E-state index in [1.807, 2.05) is 66.7 Å². The second-order valence-electron chi connectivity index (χ2n) is 7.28. The van der Waals surface area contributed by atoms with Crippen molar-refractivity contribution in [3.63, 3.8) is 0 Å². The number of benzene rings is 3. The van der Waals surface area contributed by atoms with Gasteiger partial charge in [-0.3, -0.25) is 9.69 Å². The maximum atomic E-state index is 13.1. The molecule has 32 heavy (non-hydrogen) atoms. The van der Waals surface area contributed by atoms with E-state index in [1.54, 1.807) is 24.1 Å². The fraction of sp³-hybridized carbons (Fsp3) is 0.231. The fourth-order valence-corrected chi connectivity index (χ4v) is 3.32. The summed E-state index contributed by atoms with van der Waals surface area (Å²) in [6, 6.07) is 24.1. The number of carbonyl (C=O) groups is 2. The number of nitrogens with zero attached hydrogens (tertiary/aromatic N) is 1. The van der Waals surface area contributed by atoms with E-state index in [2.05, 4.69) is 17.6 Å².